The van der Waals surface area contributed by atoms with Crippen LogP contribution in [0.5, 0.6) is 0 Å². The van der Waals surface area contributed by atoms with Crippen molar-refractivity contribution in [3.8, 4) is 0 Å². The Morgan fingerprint density at radius 3 is 2.18 bits per heavy atom. The molecule has 22 heavy (non-hydrogen) atoms. The first-order valence-electron chi connectivity index (χ1n) is 6.82. The van der Waals surface area contributed by atoms with Gasteiger partial charge in [-0.1, -0.05) is 37.6 Å². The third-order valence-electron chi connectivity index (χ3n) is 3.30. The molecule has 0 aliphatic heterocycles. The van der Waals surface area contributed by atoms with E-state index in [4.69, 9.17) is 16.7 Å². The van der Waals surface area contributed by atoms with Crippen LogP contribution < -0.4 is 5.32 Å². The zero-order valence-corrected chi connectivity index (χ0v) is 13.0. The number of carbonyl (C=O) groups excluding carboxylic acids is 1. The van der Waals surface area contributed by atoms with Crippen molar-refractivity contribution in [1.82, 2.24) is 0 Å². The Labute approximate surface area is 133 Å². The van der Waals surface area contributed by atoms with Crippen molar-refractivity contribution in [2.24, 2.45) is 0 Å². The van der Waals surface area contributed by atoms with Gasteiger partial charge in [-0.25, -0.2) is 4.79 Å². The van der Waals surface area contributed by atoms with Gasteiger partial charge in [0.15, 0.2) is 0 Å². The van der Waals surface area contributed by atoms with E-state index in [9.17, 15) is 9.59 Å². The van der Waals surface area contributed by atoms with Crippen LogP contribution in [0, 0.1) is 0 Å². The first-order chi connectivity index (χ1) is 10.4. The zero-order chi connectivity index (χ0) is 16.3. The molecule has 0 fully saturated rings. The van der Waals surface area contributed by atoms with Crippen LogP contribution in [0.4, 0.5) is 5.69 Å². The van der Waals surface area contributed by atoms with Crippen LogP contribution in [-0.2, 0) is 0 Å². The summed E-state index contributed by atoms with van der Waals surface area (Å²) < 4.78 is 0. The Kier molecular flexibility index (Phi) is 4.83. The number of nitrogens with one attached hydrogen (secondary N) is 1. The molecule has 2 N–H and O–H groups in total. The molecule has 0 heterocycles. The van der Waals surface area contributed by atoms with Crippen LogP contribution >= 0.6 is 11.6 Å². The molecule has 5 heteroatoms. The number of halogens is 1. The number of carboxylic acid groups (broad SMARTS) is 1. The van der Waals surface area contributed by atoms with E-state index in [-0.39, 0.29) is 22.2 Å². The minimum absolute atomic E-state index is 0.0647. The molecule has 0 aromatic heterocycles. The summed E-state index contributed by atoms with van der Waals surface area (Å²) in [6.07, 6.45) is 0. The van der Waals surface area contributed by atoms with E-state index in [1.54, 1.807) is 12.1 Å². The molecule has 114 valence electrons. The van der Waals surface area contributed by atoms with Crippen LogP contribution in [0.15, 0.2) is 42.5 Å². The van der Waals surface area contributed by atoms with Crippen LogP contribution in [0.2, 0.25) is 5.02 Å². The number of aromatic carboxylic acids is 1. The van der Waals surface area contributed by atoms with E-state index < -0.39 is 5.97 Å². The molecule has 2 aromatic carbocycles. The molecule has 0 aliphatic carbocycles. The Morgan fingerprint density at radius 1 is 1.05 bits per heavy atom. The lowest BCUT2D eigenvalue weighted by molar-refractivity contribution is 0.0696. The maximum atomic E-state index is 12.2. The third kappa shape index (κ3) is 3.65. The standard InChI is InChI=1S/C17H16ClNO3/c1-10(2)11-3-5-12(6-4-11)16(20)19-15-9-13(17(21)22)7-8-14(15)18/h3-10H,1-2H3,(H,19,20)(H,21,22). The predicted molar refractivity (Wildman–Crippen MR) is 86.9 cm³/mol. The normalized spacial score (nSPS) is 10.5. The fraction of sp³-hybridized carbons (Fsp3) is 0.176. The number of amides is 1. The second-order valence-corrected chi connectivity index (χ2v) is 5.64. The molecule has 4 nitrogen and oxygen atoms in total. The van der Waals surface area contributed by atoms with Crippen molar-refractivity contribution in [3.05, 3.63) is 64.2 Å². The minimum atomic E-state index is -1.08. The lowest BCUT2D eigenvalue weighted by Gasteiger charge is -2.10. The highest BCUT2D eigenvalue weighted by molar-refractivity contribution is 6.34. The van der Waals surface area contributed by atoms with Crippen LogP contribution in [0.1, 0.15) is 46.0 Å². The number of anilines is 1. The number of hydrogen-bond acceptors (Lipinski definition) is 2. The van der Waals surface area contributed by atoms with Crippen molar-refractivity contribution in [1.29, 1.82) is 0 Å². The molecule has 2 aromatic rings. The average Bonchev–Trinajstić information content (AvgIpc) is 2.49. The molecule has 0 radical (unpaired) electrons. The molecule has 0 bridgehead atoms. The van der Waals surface area contributed by atoms with Crippen molar-refractivity contribution in [3.63, 3.8) is 0 Å². The van der Waals surface area contributed by atoms with Gasteiger partial charge in [0.2, 0.25) is 0 Å². The van der Waals surface area contributed by atoms with Gasteiger partial charge in [0.1, 0.15) is 0 Å². The predicted octanol–water partition coefficient (Wildman–Crippen LogP) is 4.41. The molecule has 0 spiro atoms. The van der Waals surface area contributed by atoms with E-state index in [0.717, 1.165) is 5.56 Å². The molecule has 0 saturated carbocycles. The first kappa shape index (κ1) is 16.0. The van der Waals surface area contributed by atoms with E-state index >= 15 is 0 Å². The quantitative estimate of drug-likeness (QED) is 0.877. The van der Waals surface area contributed by atoms with Gasteiger partial charge in [0.25, 0.3) is 5.91 Å². The van der Waals surface area contributed by atoms with Gasteiger partial charge in [-0.15, -0.1) is 0 Å². The van der Waals surface area contributed by atoms with Gasteiger partial charge in [-0.05, 0) is 41.8 Å². The summed E-state index contributed by atoms with van der Waals surface area (Å²) in [6, 6.07) is 11.4. The highest BCUT2D eigenvalue weighted by Crippen LogP contribution is 2.24. The molecule has 0 unspecified atom stereocenters. The summed E-state index contributed by atoms with van der Waals surface area (Å²) in [6.45, 7) is 4.15. The number of carboxylic acids is 1. The smallest absolute Gasteiger partial charge is 0.335 e. The molecule has 1 amide bonds. The van der Waals surface area contributed by atoms with Gasteiger partial charge in [-0.2, -0.15) is 0 Å². The fourth-order valence-corrected chi connectivity index (χ4v) is 2.13. The molecule has 0 aliphatic rings. The SMILES string of the molecule is CC(C)c1ccc(C(=O)Nc2cc(C(=O)O)ccc2Cl)cc1. The fourth-order valence-electron chi connectivity index (χ4n) is 1.97. The average molecular weight is 318 g/mol. The van der Waals surface area contributed by atoms with Crippen molar-refractivity contribution < 1.29 is 14.7 Å². The number of rotatable bonds is 4. The van der Waals surface area contributed by atoms with E-state index in [1.165, 1.54) is 18.2 Å². The highest BCUT2D eigenvalue weighted by Gasteiger charge is 2.12. The second-order valence-electron chi connectivity index (χ2n) is 5.23. The second kappa shape index (κ2) is 6.62. The van der Waals surface area contributed by atoms with Crippen LogP contribution in [-0.4, -0.2) is 17.0 Å². The first-order valence-corrected chi connectivity index (χ1v) is 7.20. The maximum absolute atomic E-state index is 12.2. The number of benzene rings is 2. The highest BCUT2D eigenvalue weighted by atomic mass is 35.5. The Hall–Kier alpha value is -2.33. The summed E-state index contributed by atoms with van der Waals surface area (Å²) in [7, 11) is 0. The Bertz CT molecular complexity index is 708. The van der Waals surface area contributed by atoms with E-state index in [2.05, 4.69) is 19.2 Å². The van der Waals surface area contributed by atoms with E-state index in [0.29, 0.717) is 11.5 Å². The topological polar surface area (TPSA) is 66.4 Å². The summed E-state index contributed by atoms with van der Waals surface area (Å²) in [5.74, 6) is -1.02. The molecule has 2 rings (SSSR count). The Morgan fingerprint density at radius 2 is 1.64 bits per heavy atom. The molecular formula is C17H16ClNO3. The lowest BCUT2D eigenvalue weighted by atomic mass is 10.0. The van der Waals surface area contributed by atoms with Crippen molar-refractivity contribution in [2.75, 3.05) is 5.32 Å². The summed E-state index contributed by atoms with van der Waals surface area (Å²) in [5.41, 5.74) is 1.97. The monoisotopic (exact) mass is 317 g/mol. The molecular weight excluding hydrogens is 302 g/mol. The van der Waals surface area contributed by atoms with Crippen LogP contribution in [0.25, 0.3) is 0 Å². The van der Waals surface area contributed by atoms with Gasteiger partial charge >= 0.3 is 5.97 Å². The van der Waals surface area contributed by atoms with Gasteiger partial charge in [0.05, 0.1) is 16.3 Å². The van der Waals surface area contributed by atoms with E-state index in [1.807, 2.05) is 12.1 Å². The van der Waals surface area contributed by atoms with Crippen LogP contribution in [0.3, 0.4) is 0 Å². The summed E-state index contributed by atoms with van der Waals surface area (Å²) in [5, 5.41) is 11.9. The summed E-state index contributed by atoms with van der Waals surface area (Å²) in [4.78, 5) is 23.2. The molecule has 0 atom stereocenters. The van der Waals surface area contributed by atoms with Gasteiger partial charge < -0.3 is 10.4 Å². The number of hydrogen-bond donors (Lipinski definition) is 2. The van der Waals surface area contributed by atoms with Crippen molar-refractivity contribution in [2.45, 2.75) is 19.8 Å². The van der Waals surface area contributed by atoms with Gasteiger partial charge in [-0.3, -0.25) is 4.79 Å². The van der Waals surface area contributed by atoms with Gasteiger partial charge in [0, 0.05) is 5.56 Å². The molecule has 0 saturated heterocycles. The largest absolute Gasteiger partial charge is 0.478 e. The lowest BCUT2D eigenvalue weighted by Crippen LogP contribution is -2.13. The number of carbonyl (C=O) groups is 2. The van der Waals surface area contributed by atoms with Crippen molar-refractivity contribution >= 4 is 29.2 Å². The zero-order valence-electron chi connectivity index (χ0n) is 12.3. The minimum Gasteiger partial charge on any atom is -0.478 e. The summed E-state index contributed by atoms with van der Waals surface area (Å²) >= 11 is 5.99. The third-order valence-corrected chi connectivity index (χ3v) is 3.63. The Balaban J connectivity index is 2.21. The maximum Gasteiger partial charge on any atom is 0.335 e.